The van der Waals surface area contributed by atoms with E-state index in [2.05, 4.69) is 5.32 Å². The Labute approximate surface area is 170 Å². The van der Waals surface area contributed by atoms with Crippen LogP contribution < -0.4 is 5.32 Å². The lowest BCUT2D eigenvalue weighted by Gasteiger charge is -2.33. The lowest BCUT2D eigenvalue weighted by atomic mass is 10.2. The molecule has 2 aromatic rings. The summed E-state index contributed by atoms with van der Waals surface area (Å²) in [6.45, 7) is 1.36. The van der Waals surface area contributed by atoms with Crippen LogP contribution in [0.4, 0.5) is 5.69 Å². The first-order valence-electron chi connectivity index (χ1n) is 9.23. The van der Waals surface area contributed by atoms with Crippen molar-refractivity contribution < 1.29 is 13.2 Å². The van der Waals surface area contributed by atoms with Gasteiger partial charge in [-0.3, -0.25) is 4.79 Å². The molecule has 0 radical (unpaired) electrons. The van der Waals surface area contributed by atoms with E-state index in [1.165, 1.54) is 9.71 Å². The number of nitrogens with zero attached hydrogens (tertiary/aromatic N) is 3. The number of hydrogen-bond donors (Lipinski definition) is 1. The monoisotopic (exact) mass is 410 g/mol. The van der Waals surface area contributed by atoms with E-state index in [1.807, 2.05) is 36.4 Å². The molecule has 0 saturated carbocycles. The molecular weight excluding hydrogens is 388 g/mol. The summed E-state index contributed by atoms with van der Waals surface area (Å²) in [6.07, 6.45) is 1.58. The van der Waals surface area contributed by atoms with Crippen LogP contribution in [0.25, 0.3) is 6.08 Å². The average molecular weight is 410 g/mol. The summed E-state index contributed by atoms with van der Waals surface area (Å²) in [6, 6.07) is 18.1. The van der Waals surface area contributed by atoms with Crippen LogP contribution in [0.3, 0.4) is 0 Å². The Bertz CT molecular complexity index is 1000. The number of rotatable bonds is 6. The van der Waals surface area contributed by atoms with Crippen LogP contribution in [0.1, 0.15) is 11.1 Å². The van der Waals surface area contributed by atoms with Crippen molar-refractivity contribution in [3.8, 4) is 6.07 Å². The summed E-state index contributed by atoms with van der Waals surface area (Å²) < 4.78 is 26.4. The Morgan fingerprint density at radius 3 is 2.31 bits per heavy atom. The highest BCUT2D eigenvalue weighted by atomic mass is 32.2. The molecule has 1 heterocycles. The summed E-state index contributed by atoms with van der Waals surface area (Å²) in [5, 5.41) is 13.0. The number of piperazine rings is 1. The van der Waals surface area contributed by atoms with Crippen LogP contribution in [0.2, 0.25) is 0 Å². The van der Waals surface area contributed by atoms with Crippen molar-refractivity contribution in [1.82, 2.24) is 9.21 Å². The maximum absolute atomic E-state index is 12.5. The molecular formula is C21H22N4O3S. The predicted octanol–water partition coefficient (Wildman–Crippen LogP) is 2.12. The molecule has 0 aliphatic carbocycles. The van der Waals surface area contributed by atoms with E-state index in [0.717, 1.165) is 11.3 Å². The fourth-order valence-electron chi connectivity index (χ4n) is 2.96. The van der Waals surface area contributed by atoms with Gasteiger partial charge in [0.1, 0.15) is 0 Å². The zero-order valence-electron chi connectivity index (χ0n) is 15.9. The van der Waals surface area contributed by atoms with Crippen LogP contribution in [0.15, 0.2) is 60.0 Å². The van der Waals surface area contributed by atoms with Gasteiger partial charge in [0.2, 0.25) is 15.9 Å². The third-order valence-corrected chi connectivity index (χ3v) is 6.21. The summed E-state index contributed by atoms with van der Waals surface area (Å²) in [7, 11) is -3.52. The Morgan fingerprint density at radius 1 is 1.03 bits per heavy atom. The zero-order valence-corrected chi connectivity index (χ0v) is 16.7. The Hall–Kier alpha value is -3.15. The molecule has 29 heavy (non-hydrogen) atoms. The zero-order chi connectivity index (χ0) is 20.7. The molecule has 1 fully saturated rings. The molecule has 8 heteroatoms. The summed E-state index contributed by atoms with van der Waals surface area (Å²) in [5.74, 6) is -0.0914. The second-order valence-corrected chi connectivity index (χ2v) is 8.40. The van der Waals surface area contributed by atoms with Crippen molar-refractivity contribution in [2.45, 2.75) is 0 Å². The number of hydrogen-bond acceptors (Lipinski definition) is 5. The topological polar surface area (TPSA) is 93.5 Å². The van der Waals surface area contributed by atoms with Crippen molar-refractivity contribution in [3.05, 3.63) is 71.1 Å². The highest BCUT2D eigenvalue weighted by Crippen LogP contribution is 2.13. The predicted molar refractivity (Wildman–Crippen MR) is 112 cm³/mol. The molecule has 1 aliphatic heterocycles. The van der Waals surface area contributed by atoms with E-state index in [4.69, 9.17) is 5.26 Å². The van der Waals surface area contributed by atoms with E-state index >= 15 is 0 Å². The molecule has 0 atom stereocenters. The SMILES string of the molecule is N#Cc1ccc(NCC(=O)N2CCN(S(=O)(=O)/C=C/c3ccccc3)CC2)cc1. The number of carbonyl (C=O) groups is 1. The van der Waals surface area contributed by atoms with E-state index in [-0.39, 0.29) is 25.5 Å². The normalized spacial score (nSPS) is 15.2. The van der Waals surface area contributed by atoms with Gasteiger partial charge in [-0.15, -0.1) is 0 Å². The summed E-state index contributed by atoms with van der Waals surface area (Å²) in [5.41, 5.74) is 2.13. The lowest BCUT2D eigenvalue weighted by molar-refractivity contribution is -0.130. The van der Waals surface area contributed by atoms with Gasteiger partial charge in [-0.1, -0.05) is 30.3 Å². The van der Waals surface area contributed by atoms with E-state index in [1.54, 1.807) is 35.2 Å². The van der Waals surface area contributed by atoms with Crippen LogP contribution in [-0.4, -0.2) is 56.3 Å². The fourth-order valence-corrected chi connectivity index (χ4v) is 4.13. The second kappa shape index (κ2) is 9.37. The molecule has 1 amide bonds. The quantitative estimate of drug-likeness (QED) is 0.787. The van der Waals surface area contributed by atoms with Gasteiger partial charge in [-0.05, 0) is 35.9 Å². The van der Waals surface area contributed by atoms with E-state index < -0.39 is 10.0 Å². The van der Waals surface area contributed by atoms with Crippen molar-refractivity contribution in [2.24, 2.45) is 0 Å². The van der Waals surface area contributed by atoms with Gasteiger partial charge in [0, 0.05) is 37.3 Å². The van der Waals surface area contributed by atoms with Gasteiger partial charge >= 0.3 is 0 Å². The van der Waals surface area contributed by atoms with Crippen LogP contribution in [0, 0.1) is 11.3 Å². The third-order valence-electron chi connectivity index (χ3n) is 4.64. The smallest absolute Gasteiger partial charge is 0.241 e. The van der Waals surface area contributed by atoms with E-state index in [0.29, 0.717) is 18.7 Å². The molecule has 0 aromatic heterocycles. The maximum atomic E-state index is 12.5. The van der Waals surface area contributed by atoms with Crippen molar-refractivity contribution in [2.75, 3.05) is 38.0 Å². The van der Waals surface area contributed by atoms with Gasteiger partial charge in [0.25, 0.3) is 0 Å². The first-order chi connectivity index (χ1) is 14.0. The molecule has 150 valence electrons. The minimum absolute atomic E-state index is 0.0914. The maximum Gasteiger partial charge on any atom is 0.241 e. The number of nitriles is 1. The van der Waals surface area contributed by atoms with Gasteiger partial charge in [0.15, 0.2) is 0 Å². The number of amides is 1. The first kappa shape index (κ1) is 20.6. The molecule has 0 unspecified atom stereocenters. The average Bonchev–Trinajstić information content (AvgIpc) is 2.77. The van der Waals surface area contributed by atoms with Crippen molar-refractivity contribution >= 4 is 27.7 Å². The van der Waals surface area contributed by atoms with Gasteiger partial charge < -0.3 is 10.2 Å². The van der Waals surface area contributed by atoms with Crippen LogP contribution >= 0.6 is 0 Å². The van der Waals surface area contributed by atoms with Gasteiger partial charge in [-0.25, -0.2) is 8.42 Å². The van der Waals surface area contributed by atoms with Crippen molar-refractivity contribution in [3.63, 3.8) is 0 Å². The highest BCUT2D eigenvalue weighted by Gasteiger charge is 2.27. The number of nitrogens with one attached hydrogen (secondary N) is 1. The van der Waals surface area contributed by atoms with Crippen LogP contribution in [-0.2, 0) is 14.8 Å². The summed E-state index contributed by atoms with van der Waals surface area (Å²) in [4.78, 5) is 14.0. The largest absolute Gasteiger partial charge is 0.376 e. The molecule has 1 N–H and O–H groups in total. The Balaban J connectivity index is 1.49. The Kier molecular flexibility index (Phi) is 6.65. The lowest BCUT2D eigenvalue weighted by Crippen LogP contribution is -2.51. The third kappa shape index (κ3) is 5.67. The van der Waals surface area contributed by atoms with Crippen molar-refractivity contribution in [1.29, 1.82) is 5.26 Å². The number of anilines is 1. The van der Waals surface area contributed by atoms with Gasteiger partial charge in [-0.2, -0.15) is 9.57 Å². The molecule has 2 aromatic carbocycles. The standard InChI is InChI=1S/C21H22N4O3S/c22-16-19-6-8-20(9-7-19)23-17-21(26)24-11-13-25(14-12-24)29(27,28)15-10-18-4-2-1-3-5-18/h1-10,15,23H,11-14,17H2/b15-10+. The molecule has 7 nitrogen and oxygen atoms in total. The molecule has 1 aliphatic rings. The van der Waals surface area contributed by atoms with Gasteiger partial charge in [0.05, 0.1) is 18.2 Å². The van der Waals surface area contributed by atoms with Crippen LogP contribution in [0.5, 0.6) is 0 Å². The molecule has 0 bridgehead atoms. The number of carbonyl (C=O) groups excluding carboxylic acids is 1. The molecule has 3 rings (SSSR count). The minimum atomic E-state index is -3.52. The Morgan fingerprint density at radius 2 is 1.69 bits per heavy atom. The first-order valence-corrected chi connectivity index (χ1v) is 10.7. The second-order valence-electron chi connectivity index (χ2n) is 6.58. The fraction of sp³-hybridized carbons (Fsp3) is 0.238. The molecule has 1 saturated heterocycles. The van der Waals surface area contributed by atoms with E-state index in [9.17, 15) is 13.2 Å². The summed E-state index contributed by atoms with van der Waals surface area (Å²) >= 11 is 0. The highest BCUT2D eigenvalue weighted by molar-refractivity contribution is 7.92. The number of benzene rings is 2. The number of sulfonamides is 1. The molecule has 0 spiro atoms. The minimum Gasteiger partial charge on any atom is -0.376 e.